The molecule has 0 aromatic carbocycles. The van der Waals surface area contributed by atoms with Crippen molar-refractivity contribution in [1.82, 2.24) is 10.6 Å². The van der Waals surface area contributed by atoms with Crippen LogP contribution in [0, 0.1) is 23.7 Å². The van der Waals surface area contributed by atoms with Gasteiger partial charge in [-0.1, -0.05) is 49.0 Å². The van der Waals surface area contributed by atoms with Crippen molar-refractivity contribution < 1.29 is 14.4 Å². The molecular weight excluding hydrogens is 318 g/mol. The van der Waals surface area contributed by atoms with Crippen molar-refractivity contribution in [2.24, 2.45) is 29.4 Å². The Morgan fingerprint density at radius 1 is 1.00 bits per heavy atom. The third-order valence-electron chi connectivity index (χ3n) is 4.06. The number of rotatable bonds is 11. The molecule has 0 aromatic heterocycles. The molecule has 0 aliphatic rings. The Kier molecular flexibility index (Phi) is 13.1. The molecule has 0 saturated carbocycles. The topological polar surface area (TPSA) is 101 Å². The highest BCUT2D eigenvalue weighted by Crippen LogP contribution is 2.21. The first kappa shape index (κ1) is 25.6. The van der Waals surface area contributed by atoms with Gasteiger partial charge < -0.3 is 16.4 Å². The van der Waals surface area contributed by atoms with Crippen LogP contribution in [0.5, 0.6) is 0 Å². The molecule has 148 valence electrons. The Bertz CT molecular complexity index is 420. The van der Waals surface area contributed by atoms with E-state index in [2.05, 4.69) is 24.5 Å². The van der Waals surface area contributed by atoms with E-state index in [1.165, 1.54) is 0 Å². The van der Waals surface area contributed by atoms with E-state index in [1.54, 1.807) is 0 Å². The van der Waals surface area contributed by atoms with Crippen LogP contribution >= 0.6 is 0 Å². The number of ketones is 1. The summed E-state index contributed by atoms with van der Waals surface area (Å²) in [6.45, 7) is 12.3. The van der Waals surface area contributed by atoms with Crippen LogP contribution in [0.2, 0.25) is 0 Å². The second-order valence-corrected chi connectivity index (χ2v) is 7.53. The summed E-state index contributed by atoms with van der Waals surface area (Å²) in [5, 5.41) is 5.44. The van der Waals surface area contributed by atoms with Crippen LogP contribution < -0.4 is 16.4 Å². The van der Waals surface area contributed by atoms with Gasteiger partial charge >= 0.3 is 6.03 Å². The fraction of sp³-hybridized carbons (Fsp3) is 0.842. The van der Waals surface area contributed by atoms with Crippen molar-refractivity contribution in [2.45, 2.75) is 74.3 Å². The Morgan fingerprint density at radius 3 is 1.96 bits per heavy atom. The van der Waals surface area contributed by atoms with Crippen molar-refractivity contribution in [1.29, 1.82) is 0 Å². The molecule has 3 amide bonds. The molecule has 4 N–H and O–H groups in total. The standard InChI is InChI=1S/C18H35N3O3.CH4/c1-11(2)10-14(12(3)4)17(23)21-15(16(22)13(5)6)8-7-9-20-18(19)24;/h11-15H,7-10H2,1-6H3,(H,21,23)(H3,19,20,24);1H4/t14-,15-;/m0./s1. The van der Waals surface area contributed by atoms with E-state index in [1.807, 2.05) is 27.7 Å². The average molecular weight is 358 g/mol. The molecule has 0 aliphatic carbocycles. The lowest BCUT2D eigenvalue weighted by Gasteiger charge is -2.26. The van der Waals surface area contributed by atoms with Gasteiger partial charge in [-0.25, -0.2) is 4.79 Å². The van der Waals surface area contributed by atoms with E-state index in [0.29, 0.717) is 25.3 Å². The molecule has 0 bridgehead atoms. The number of hydrogen-bond donors (Lipinski definition) is 3. The number of primary amides is 1. The Morgan fingerprint density at radius 2 is 1.56 bits per heavy atom. The normalized spacial score (nSPS) is 13.3. The SMILES string of the molecule is C.CC(C)C[C@H](C(=O)N[C@@H](CCCNC(N)=O)C(=O)C(C)C)C(C)C. The van der Waals surface area contributed by atoms with Crippen LogP contribution in [0.1, 0.15) is 68.2 Å². The fourth-order valence-corrected chi connectivity index (χ4v) is 2.67. The number of urea groups is 1. The van der Waals surface area contributed by atoms with Gasteiger partial charge in [0.05, 0.1) is 6.04 Å². The summed E-state index contributed by atoms with van der Waals surface area (Å²) < 4.78 is 0. The minimum Gasteiger partial charge on any atom is -0.352 e. The van der Waals surface area contributed by atoms with Crippen LogP contribution in [-0.2, 0) is 9.59 Å². The highest BCUT2D eigenvalue weighted by atomic mass is 16.2. The highest BCUT2D eigenvalue weighted by molar-refractivity contribution is 5.90. The van der Waals surface area contributed by atoms with Gasteiger partial charge in [-0.05, 0) is 31.1 Å². The molecule has 0 rings (SSSR count). The monoisotopic (exact) mass is 357 g/mol. The molecule has 0 spiro atoms. The summed E-state index contributed by atoms with van der Waals surface area (Å²) in [4.78, 5) is 35.7. The maximum absolute atomic E-state index is 12.6. The zero-order valence-electron chi connectivity index (χ0n) is 16.0. The minimum atomic E-state index is -0.581. The Hall–Kier alpha value is -1.59. The van der Waals surface area contributed by atoms with Crippen LogP contribution in [-0.4, -0.2) is 30.3 Å². The van der Waals surface area contributed by atoms with E-state index in [4.69, 9.17) is 5.73 Å². The first-order valence-electron chi connectivity index (χ1n) is 8.93. The van der Waals surface area contributed by atoms with E-state index < -0.39 is 12.1 Å². The number of amides is 3. The number of nitrogens with two attached hydrogens (primary N) is 1. The van der Waals surface area contributed by atoms with Gasteiger partial charge in [0.25, 0.3) is 0 Å². The average Bonchev–Trinajstić information content (AvgIpc) is 2.45. The summed E-state index contributed by atoms with van der Waals surface area (Å²) in [5.41, 5.74) is 5.03. The first-order valence-corrected chi connectivity index (χ1v) is 8.93. The fourth-order valence-electron chi connectivity index (χ4n) is 2.67. The molecule has 6 nitrogen and oxygen atoms in total. The van der Waals surface area contributed by atoms with Crippen LogP contribution in [0.25, 0.3) is 0 Å². The molecule has 0 aromatic rings. The molecule has 6 heteroatoms. The number of carbonyl (C=O) groups excluding carboxylic acids is 3. The first-order chi connectivity index (χ1) is 11.1. The van der Waals surface area contributed by atoms with Crippen molar-refractivity contribution in [2.75, 3.05) is 6.54 Å². The molecule has 25 heavy (non-hydrogen) atoms. The smallest absolute Gasteiger partial charge is 0.312 e. The van der Waals surface area contributed by atoms with Gasteiger partial charge in [-0.3, -0.25) is 9.59 Å². The number of carbonyl (C=O) groups is 3. The second kappa shape index (κ2) is 12.7. The minimum absolute atomic E-state index is 0. The summed E-state index contributed by atoms with van der Waals surface area (Å²) in [6, 6.07) is -1.09. The predicted molar refractivity (Wildman–Crippen MR) is 103 cm³/mol. The van der Waals surface area contributed by atoms with Crippen molar-refractivity contribution >= 4 is 17.7 Å². The van der Waals surface area contributed by atoms with Gasteiger partial charge in [-0.15, -0.1) is 0 Å². The van der Waals surface area contributed by atoms with E-state index in [0.717, 1.165) is 6.42 Å². The number of nitrogens with one attached hydrogen (secondary N) is 2. The summed E-state index contributed by atoms with van der Waals surface area (Å²) >= 11 is 0. The second-order valence-electron chi connectivity index (χ2n) is 7.53. The maximum Gasteiger partial charge on any atom is 0.312 e. The van der Waals surface area contributed by atoms with Gasteiger partial charge in [-0.2, -0.15) is 0 Å². The third-order valence-corrected chi connectivity index (χ3v) is 4.06. The van der Waals surface area contributed by atoms with Gasteiger partial charge in [0, 0.05) is 18.4 Å². The van der Waals surface area contributed by atoms with Gasteiger partial charge in [0.1, 0.15) is 0 Å². The largest absolute Gasteiger partial charge is 0.352 e. The van der Waals surface area contributed by atoms with Crippen molar-refractivity contribution in [3.05, 3.63) is 0 Å². The van der Waals surface area contributed by atoms with Crippen molar-refractivity contribution in [3.63, 3.8) is 0 Å². The van der Waals surface area contributed by atoms with Crippen molar-refractivity contribution in [3.8, 4) is 0 Å². The molecule has 0 fully saturated rings. The summed E-state index contributed by atoms with van der Waals surface area (Å²) in [6.07, 6.45) is 1.88. The van der Waals surface area contributed by atoms with Crippen LogP contribution in [0.3, 0.4) is 0 Å². The number of Topliss-reactive ketones (excluding diaryl/α,β-unsaturated/α-hetero) is 1. The zero-order chi connectivity index (χ0) is 18.9. The molecule has 0 unspecified atom stereocenters. The molecule has 0 saturated heterocycles. The molecule has 0 aliphatic heterocycles. The molecule has 0 radical (unpaired) electrons. The quantitative estimate of drug-likeness (QED) is 0.495. The lowest BCUT2D eigenvalue weighted by Crippen LogP contribution is -2.46. The lowest BCUT2D eigenvalue weighted by atomic mass is 9.86. The van der Waals surface area contributed by atoms with E-state index >= 15 is 0 Å². The molecule has 0 heterocycles. The molecule has 2 atom stereocenters. The van der Waals surface area contributed by atoms with Gasteiger partial charge in [0.2, 0.25) is 5.91 Å². The summed E-state index contributed by atoms with van der Waals surface area (Å²) in [7, 11) is 0. The third kappa shape index (κ3) is 10.8. The van der Waals surface area contributed by atoms with Crippen LogP contribution in [0.4, 0.5) is 4.79 Å². The predicted octanol–water partition coefficient (Wildman–Crippen LogP) is 3.10. The number of hydrogen-bond acceptors (Lipinski definition) is 3. The van der Waals surface area contributed by atoms with Gasteiger partial charge in [0.15, 0.2) is 5.78 Å². The Balaban J connectivity index is 0. The zero-order valence-corrected chi connectivity index (χ0v) is 16.0. The Labute approximate surface area is 153 Å². The summed E-state index contributed by atoms with van der Waals surface area (Å²) in [5.74, 6) is 0.356. The molecular formula is C19H39N3O3. The highest BCUT2D eigenvalue weighted by Gasteiger charge is 2.28. The van der Waals surface area contributed by atoms with E-state index in [-0.39, 0.29) is 36.9 Å². The van der Waals surface area contributed by atoms with Crippen LogP contribution in [0.15, 0.2) is 0 Å². The maximum atomic E-state index is 12.6. The van der Waals surface area contributed by atoms with E-state index in [9.17, 15) is 14.4 Å². The lowest BCUT2D eigenvalue weighted by molar-refractivity contribution is -0.132.